The van der Waals surface area contributed by atoms with E-state index in [-0.39, 0.29) is 4.90 Å². The third-order valence-corrected chi connectivity index (χ3v) is 5.84. The van der Waals surface area contributed by atoms with Crippen LogP contribution in [0, 0.1) is 11.3 Å². The Morgan fingerprint density at radius 2 is 1.92 bits per heavy atom. The van der Waals surface area contributed by atoms with Gasteiger partial charge < -0.3 is 10.1 Å². The van der Waals surface area contributed by atoms with Crippen molar-refractivity contribution in [2.75, 3.05) is 26.0 Å². The highest BCUT2D eigenvalue weighted by atomic mass is 79.9. The number of likely N-dealkylation sites (N-methyl/N-ethyl adjacent to an activating group) is 1. The van der Waals surface area contributed by atoms with Crippen LogP contribution in [-0.2, 0) is 14.8 Å². The lowest BCUT2D eigenvalue weighted by atomic mass is 10.2. The third-order valence-electron chi connectivity index (χ3n) is 3.49. The van der Waals surface area contributed by atoms with Crippen LogP contribution >= 0.6 is 15.9 Å². The zero-order valence-corrected chi connectivity index (χ0v) is 16.5. The van der Waals surface area contributed by atoms with Crippen molar-refractivity contribution in [2.24, 2.45) is 0 Å². The van der Waals surface area contributed by atoms with E-state index >= 15 is 0 Å². The van der Waals surface area contributed by atoms with Gasteiger partial charge in [0.15, 0.2) is 0 Å². The van der Waals surface area contributed by atoms with E-state index in [1.54, 1.807) is 24.3 Å². The number of benzene rings is 2. The number of carbonyl (C=O) groups excluding carboxylic acids is 1. The van der Waals surface area contributed by atoms with Crippen molar-refractivity contribution < 1.29 is 17.9 Å². The fourth-order valence-electron chi connectivity index (χ4n) is 2.14. The Labute approximate surface area is 160 Å². The largest absolute Gasteiger partial charge is 0.495 e. The molecule has 7 nitrogen and oxygen atoms in total. The van der Waals surface area contributed by atoms with Crippen LogP contribution in [0.4, 0.5) is 5.69 Å². The Balaban J connectivity index is 2.15. The number of halogens is 1. The number of sulfonamides is 1. The first-order chi connectivity index (χ1) is 12.3. The van der Waals surface area contributed by atoms with Crippen molar-refractivity contribution in [1.82, 2.24) is 4.31 Å². The molecule has 0 atom stereocenters. The predicted octanol–water partition coefficient (Wildman–Crippen LogP) is 2.59. The molecule has 0 spiro atoms. The maximum Gasteiger partial charge on any atom is 0.243 e. The van der Waals surface area contributed by atoms with E-state index in [1.807, 2.05) is 6.07 Å². The zero-order valence-electron chi connectivity index (χ0n) is 14.1. The molecule has 0 aliphatic carbocycles. The first-order valence-electron chi connectivity index (χ1n) is 7.38. The standard InChI is InChI=1S/C17H16BrN3O4S/c1-21(26(23,24)14-6-4-13(18)5-7-14)11-17(22)20-15-9-12(10-19)3-8-16(15)25-2/h3-9H,11H2,1-2H3,(H,20,22). The van der Waals surface area contributed by atoms with Crippen molar-refractivity contribution in [2.45, 2.75) is 4.90 Å². The number of ether oxygens (including phenoxy) is 1. The summed E-state index contributed by atoms with van der Waals surface area (Å²) in [7, 11) is -1.05. The highest BCUT2D eigenvalue weighted by Crippen LogP contribution is 2.25. The minimum atomic E-state index is -3.80. The smallest absolute Gasteiger partial charge is 0.243 e. The summed E-state index contributed by atoms with van der Waals surface area (Å²) >= 11 is 3.24. The summed E-state index contributed by atoms with van der Waals surface area (Å²) in [5.41, 5.74) is 0.642. The number of nitrogens with one attached hydrogen (secondary N) is 1. The van der Waals surface area contributed by atoms with Crippen molar-refractivity contribution in [1.29, 1.82) is 5.26 Å². The van der Waals surface area contributed by atoms with E-state index in [4.69, 9.17) is 10.00 Å². The van der Waals surface area contributed by atoms with Crippen LogP contribution < -0.4 is 10.1 Å². The van der Waals surface area contributed by atoms with Gasteiger partial charge in [-0.15, -0.1) is 0 Å². The molecule has 0 fully saturated rings. The maximum atomic E-state index is 12.5. The van der Waals surface area contributed by atoms with Gasteiger partial charge in [-0.1, -0.05) is 15.9 Å². The number of amides is 1. The Hall–Kier alpha value is -2.41. The van der Waals surface area contributed by atoms with Gasteiger partial charge in [-0.3, -0.25) is 4.79 Å². The molecule has 0 heterocycles. The van der Waals surface area contributed by atoms with E-state index in [9.17, 15) is 13.2 Å². The van der Waals surface area contributed by atoms with Crippen LogP contribution in [0.25, 0.3) is 0 Å². The number of hydrogen-bond donors (Lipinski definition) is 1. The quantitative estimate of drug-likeness (QED) is 0.748. The maximum absolute atomic E-state index is 12.5. The molecule has 0 aliphatic rings. The second kappa shape index (κ2) is 8.31. The summed E-state index contributed by atoms with van der Waals surface area (Å²) in [5.74, 6) is -0.183. The van der Waals surface area contributed by atoms with Gasteiger partial charge in [0.1, 0.15) is 5.75 Å². The zero-order chi connectivity index (χ0) is 19.3. The number of anilines is 1. The van der Waals surface area contributed by atoms with Crippen LogP contribution in [0.5, 0.6) is 5.75 Å². The van der Waals surface area contributed by atoms with Gasteiger partial charge in [0.05, 0.1) is 35.9 Å². The van der Waals surface area contributed by atoms with Gasteiger partial charge in [0.2, 0.25) is 15.9 Å². The second-order valence-electron chi connectivity index (χ2n) is 5.29. The van der Waals surface area contributed by atoms with E-state index < -0.39 is 22.5 Å². The van der Waals surface area contributed by atoms with E-state index in [2.05, 4.69) is 21.2 Å². The lowest BCUT2D eigenvalue weighted by molar-refractivity contribution is -0.116. The lowest BCUT2D eigenvalue weighted by Crippen LogP contribution is -2.35. The molecule has 1 amide bonds. The second-order valence-corrected chi connectivity index (χ2v) is 8.25. The minimum absolute atomic E-state index is 0.0834. The molecule has 0 aromatic heterocycles. The summed E-state index contributed by atoms with van der Waals surface area (Å²) in [4.78, 5) is 12.3. The molecule has 0 aliphatic heterocycles. The molecule has 0 saturated heterocycles. The summed E-state index contributed by atoms with van der Waals surface area (Å²) in [6, 6.07) is 12.7. The molecular weight excluding hydrogens is 422 g/mol. The fraction of sp³-hybridized carbons (Fsp3) is 0.176. The van der Waals surface area contributed by atoms with Gasteiger partial charge in [-0.05, 0) is 42.5 Å². The SMILES string of the molecule is COc1ccc(C#N)cc1NC(=O)CN(C)S(=O)(=O)c1ccc(Br)cc1. The topological polar surface area (TPSA) is 99.5 Å². The molecule has 0 bridgehead atoms. The van der Waals surface area contributed by atoms with Crippen LogP contribution in [0.3, 0.4) is 0 Å². The van der Waals surface area contributed by atoms with Crippen LogP contribution in [0.2, 0.25) is 0 Å². The van der Waals surface area contributed by atoms with E-state index in [0.717, 1.165) is 8.78 Å². The molecule has 0 saturated carbocycles. The lowest BCUT2D eigenvalue weighted by Gasteiger charge is -2.17. The Bertz CT molecular complexity index is 953. The van der Waals surface area contributed by atoms with Crippen LogP contribution in [0.1, 0.15) is 5.56 Å². The first-order valence-corrected chi connectivity index (χ1v) is 9.61. The minimum Gasteiger partial charge on any atom is -0.495 e. The number of nitriles is 1. The molecule has 0 unspecified atom stereocenters. The number of carbonyl (C=O) groups is 1. The molecule has 2 rings (SSSR count). The Kier molecular flexibility index (Phi) is 6.37. The van der Waals surface area contributed by atoms with Crippen LogP contribution in [-0.4, -0.2) is 39.3 Å². The molecule has 0 radical (unpaired) electrons. The predicted molar refractivity (Wildman–Crippen MR) is 100 cm³/mol. The third kappa shape index (κ3) is 4.60. The number of nitrogens with zero attached hydrogens (tertiary/aromatic N) is 2. The van der Waals surface area contributed by atoms with E-state index in [0.29, 0.717) is 17.0 Å². The molecule has 136 valence electrons. The number of hydrogen-bond acceptors (Lipinski definition) is 5. The number of methoxy groups -OCH3 is 1. The summed E-state index contributed by atoms with van der Waals surface area (Å²) < 4.78 is 31.9. The summed E-state index contributed by atoms with van der Waals surface area (Å²) in [6.07, 6.45) is 0. The molecule has 2 aromatic carbocycles. The van der Waals surface area contributed by atoms with Crippen LogP contribution in [0.15, 0.2) is 51.8 Å². The summed E-state index contributed by atoms with van der Waals surface area (Å²) in [6.45, 7) is -0.391. The molecular formula is C17H16BrN3O4S. The van der Waals surface area contributed by atoms with Crippen molar-refractivity contribution in [3.63, 3.8) is 0 Å². The highest BCUT2D eigenvalue weighted by Gasteiger charge is 2.23. The van der Waals surface area contributed by atoms with Crippen molar-refractivity contribution in [3.05, 3.63) is 52.5 Å². The van der Waals surface area contributed by atoms with Gasteiger partial charge in [0, 0.05) is 11.5 Å². The Morgan fingerprint density at radius 3 is 2.50 bits per heavy atom. The average molecular weight is 438 g/mol. The molecule has 9 heteroatoms. The van der Waals surface area contributed by atoms with Crippen molar-refractivity contribution in [3.8, 4) is 11.8 Å². The summed E-state index contributed by atoms with van der Waals surface area (Å²) in [5, 5.41) is 11.5. The monoisotopic (exact) mass is 437 g/mol. The average Bonchev–Trinajstić information content (AvgIpc) is 2.61. The van der Waals surface area contributed by atoms with E-state index in [1.165, 1.54) is 32.4 Å². The Morgan fingerprint density at radius 1 is 1.27 bits per heavy atom. The molecule has 2 aromatic rings. The fourth-order valence-corrected chi connectivity index (χ4v) is 3.53. The highest BCUT2D eigenvalue weighted by molar-refractivity contribution is 9.10. The normalized spacial score (nSPS) is 11.0. The van der Waals surface area contributed by atoms with Gasteiger partial charge in [-0.2, -0.15) is 9.57 Å². The van der Waals surface area contributed by atoms with Gasteiger partial charge in [0.25, 0.3) is 0 Å². The molecule has 1 N–H and O–H groups in total. The van der Waals surface area contributed by atoms with Gasteiger partial charge >= 0.3 is 0 Å². The molecule has 26 heavy (non-hydrogen) atoms. The first kappa shape index (κ1) is 19.9. The van der Waals surface area contributed by atoms with Crippen molar-refractivity contribution >= 4 is 37.5 Å². The van der Waals surface area contributed by atoms with Gasteiger partial charge in [-0.25, -0.2) is 8.42 Å². The number of rotatable bonds is 6.